The van der Waals surface area contributed by atoms with Gasteiger partial charge in [-0.05, 0) is 6.42 Å². The van der Waals surface area contributed by atoms with Gasteiger partial charge in [0.05, 0.1) is 0 Å². The summed E-state index contributed by atoms with van der Waals surface area (Å²) >= 11 is 0. The molecule has 0 radical (unpaired) electrons. The van der Waals surface area contributed by atoms with Crippen molar-refractivity contribution in [2.75, 3.05) is 13.1 Å². The van der Waals surface area contributed by atoms with Crippen molar-refractivity contribution in [3.05, 3.63) is 0 Å². The fourth-order valence-corrected chi connectivity index (χ4v) is 1.32. The first kappa shape index (κ1) is 10.8. The van der Waals surface area contributed by atoms with E-state index in [1.54, 1.807) is 6.92 Å². The van der Waals surface area contributed by atoms with Crippen molar-refractivity contribution in [3.8, 4) is 0 Å². The highest BCUT2D eigenvalue weighted by Gasteiger charge is 2.40. The number of rotatable bonds is 4. The van der Waals surface area contributed by atoms with Crippen LogP contribution in [0.5, 0.6) is 0 Å². The Hall–Kier alpha value is -0.290. The van der Waals surface area contributed by atoms with E-state index in [-0.39, 0.29) is 12.5 Å². The molecule has 2 nitrogen and oxygen atoms in total. The fraction of sp³-hybridized carbons (Fsp3) is 1.00. The van der Waals surface area contributed by atoms with Crippen molar-refractivity contribution < 1.29 is 13.2 Å². The Morgan fingerprint density at radius 3 is 2.38 bits per heavy atom. The minimum atomic E-state index is -4.11. The SMILES string of the molecule is CCCC(NC1CNC1)C(F)(F)F. The summed E-state index contributed by atoms with van der Waals surface area (Å²) in [5, 5.41) is 5.54. The van der Waals surface area contributed by atoms with Gasteiger partial charge in [0.2, 0.25) is 0 Å². The van der Waals surface area contributed by atoms with Crippen LogP contribution in [0, 0.1) is 0 Å². The summed E-state index contributed by atoms with van der Waals surface area (Å²) in [7, 11) is 0. The van der Waals surface area contributed by atoms with Crippen molar-refractivity contribution in [2.24, 2.45) is 0 Å². The standard InChI is InChI=1S/C8H15F3N2/c1-2-3-7(8(9,10)11)13-6-4-12-5-6/h6-7,12-13H,2-5H2,1H3. The summed E-state index contributed by atoms with van der Waals surface area (Å²) in [6, 6.07) is -1.33. The van der Waals surface area contributed by atoms with Crippen LogP contribution in [-0.2, 0) is 0 Å². The fourth-order valence-electron chi connectivity index (χ4n) is 1.32. The highest BCUT2D eigenvalue weighted by Crippen LogP contribution is 2.24. The van der Waals surface area contributed by atoms with Crippen LogP contribution < -0.4 is 10.6 Å². The van der Waals surface area contributed by atoms with E-state index in [0.717, 1.165) is 0 Å². The molecular formula is C8H15F3N2. The Labute approximate surface area is 75.9 Å². The predicted molar refractivity (Wildman–Crippen MR) is 44.5 cm³/mol. The smallest absolute Gasteiger partial charge is 0.314 e. The van der Waals surface area contributed by atoms with Crippen LogP contribution in [-0.4, -0.2) is 31.3 Å². The molecule has 13 heavy (non-hydrogen) atoms. The van der Waals surface area contributed by atoms with Gasteiger partial charge in [-0.3, -0.25) is 0 Å². The molecule has 78 valence electrons. The summed E-state index contributed by atoms with van der Waals surface area (Å²) < 4.78 is 37.0. The molecule has 1 rings (SSSR count). The Morgan fingerprint density at radius 2 is 2.08 bits per heavy atom. The highest BCUT2D eigenvalue weighted by molar-refractivity contribution is 4.87. The monoisotopic (exact) mass is 196 g/mol. The topological polar surface area (TPSA) is 24.1 Å². The molecule has 5 heteroatoms. The van der Waals surface area contributed by atoms with Crippen LogP contribution in [0.1, 0.15) is 19.8 Å². The van der Waals surface area contributed by atoms with Crippen LogP contribution in [0.15, 0.2) is 0 Å². The van der Waals surface area contributed by atoms with E-state index < -0.39 is 12.2 Å². The predicted octanol–water partition coefficient (Wildman–Crippen LogP) is 1.28. The second kappa shape index (κ2) is 4.28. The lowest BCUT2D eigenvalue weighted by atomic mass is 10.1. The molecule has 2 N–H and O–H groups in total. The molecule has 0 saturated carbocycles. The lowest BCUT2D eigenvalue weighted by Crippen LogP contribution is -2.60. The molecule has 1 fully saturated rings. The van der Waals surface area contributed by atoms with Gasteiger partial charge in [-0.1, -0.05) is 13.3 Å². The molecule has 1 heterocycles. The summed E-state index contributed by atoms with van der Waals surface area (Å²) in [5.41, 5.74) is 0. The van der Waals surface area contributed by atoms with Gasteiger partial charge in [0.15, 0.2) is 0 Å². The highest BCUT2D eigenvalue weighted by atomic mass is 19.4. The number of hydrogen-bond acceptors (Lipinski definition) is 2. The molecule has 0 amide bonds. The molecular weight excluding hydrogens is 181 g/mol. The average Bonchev–Trinajstić information content (AvgIpc) is 1.91. The van der Waals surface area contributed by atoms with Gasteiger partial charge in [0.25, 0.3) is 0 Å². The van der Waals surface area contributed by atoms with Crippen LogP contribution in [0.25, 0.3) is 0 Å². The number of nitrogens with one attached hydrogen (secondary N) is 2. The molecule has 0 aliphatic carbocycles. The summed E-state index contributed by atoms with van der Waals surface area (Å²) in [5.74, 6) is 0. The van der Waals surface area contributed by atoms with Gasteiger partial charge in [0.1, 0.15) is 6.04 Å². The normalized spacial score (nSPS) is 21.2. The van der Waals surface area contributed by atoms with Crippen molar-refractivity contribution in [1.82, 2.24) is 10.6 Å². The summed E-state index contributed by atoms with van der Waals surface area (Å²) in [4.78, 5) is 0. The maximum atomic E-state index is 12.3. The van der Waals surface area contributed by atoms with Crippen molar-refractivity contribution >= 4 is 0 Å². The summed E-state index contributed by atoms with van der Waals surface area (Å²) in [6.07, 6.45) is -3.39. The lowest BCUT2D eigenvalue weighted by molar-refractivity contribution is -0.160. The van der Waals surface area contributed by atoms with Crippen LogP contribution in [0.4, 0.5) is 13.2 Å². The maximum Gasteiger partial charge on any atom is 0.403 e. The third-order valence-electron chi connectivity index (χ3n) is 2.19. The zero-order valence-corrected chi connectivity index (χ0v) is 7.62. The molecule has 1 atom stereocenters. The van der Waals surface area contributed by atoms with Gasteiger partial charge >= 0.3 is 6.18 Å². The Bertz CT molecular complexity index is 154. The zero-order chi connectivity index (χ0) is 9.90. The largest absolute Gasteiger partial charge is 0.403 e. The minimum Gasteiger partial charge on any atom is -0.314 e. The second-order valence-electron chi connectivity index (χ2n) is 3.40. The Balaban J connectivity index is 2.36. The molecule has 1 unspecified atom stereocenters. The van der Waals surface area contributed by atoms with Crippen LogP contribution in [0.3, 0.4) is 0 Å². The van der Waals surface area contributed by atoms with E-state index >= 15 is 0 Å². The zero-order valence-electron chi connectivity index (χ0n) is 7.62. The van der Waals surface area contributed by atoms with Gasteiger partial charge in [-0.15, -0.1) is 0 Å². The summed E-state index contributed by atoms with van der Waals surface area (Å²) in [6.45, 7) is 3.06. The number of halogens is 3. The van der Waals surface area contributed by atoms with E-state index in [1.165, 1.54) is 0 Å². The first-order chi connectivity index (χ1) is 6.04. The van der Waals surface area contributed by atoms with Gasteiger partial charge < -0.3 is 10.6 Å². The van der Waals surface area contributed by atoms with Crippen LogP contribution >= 0.6 is 0 Å². The molecule has 1 saturated heterocycles. The molecule has 0 spiro atoms. The van der Waals surface area contributed by atoms with Gasteiger partial charge in [-0.25, -0.2) is 0 Å². The molecule has 0 aromatic carbocycles. The van der Waals surface area contributed by atoms with Gasteiger partial charge in [0, 0.05) is 19.1 Å². The molecule has 1 aliphatic heterocycles. The van der Waals surface area contributed by atoms with E-state index in [9.17, 15) is 13.2 Å². The third-order valence-corrected chi connectivity index (χ3v) is 2.19. The van der Waals surface area contributed by atoms with Crippen LogP contribution in [0.2, 0.25) is 0 Å². The van der Waals surface area contributed by atoms with Crippen molar-refractivity contribution in [2.45, 2.75) is 38.0 Å². The van der Waals surface area contributed by atoms with Gasteiger partial charge in [-0.2, -0.15) is 13.2 Å². The number of alkyl halides is 3. The average molecular weight is 196 g/mol. The number of hydrogen-bond donors (Lipinski definition) is 2. The minimum absolute atomic E-state index is 0.00169. The molecule has 0 aromatic heterocycles. The molecule has 1 aliphatic rings. The Kier molecular flexibility index (Phi) is 3.55. The Morgan fingerprint density at radius 1 is 1.46 bits per heavy atom. The maximum absolute atomic E-state index is 12.3. The third kappa shape index (κ3) is 3.15. The molecule has 0 aromatic rings. The van der Waals surface area contributed by atoms with E-state index in [1.807, 2.05) is 0 Å². The van der Waals surface area contributed by atoms with Crippen molar-refractivity contribution in [3.63, 3.8) is 0 Å². The lowest BCUT2D eigenvalue weighted by Gasteiger charge is -2.33. The first-order valence-electron chi connectivity index (χ1n) is 4.57. The molecule has 0 bridgehead atoms. The second-order valence-corrected chi connectivity index (χ2v) is 3.40. The van der Waals surface area contributed by atoms with E-state index in [4.69, 9.17) is 0 Å². The van der Waals surface area contributed by atoms with E-state index in [2.05, 4.69) is 10.6 Å². The van der Waals surface area contributed by atoms with Crippen molar-refractivity contribution in [1.29, 1.82) is 0 Å². The quantitative estimate of drug-likeness (QED) is 0.707. The first-order valence-corrected chi connectivity index (χ1v) is 4.57. The van der Waals surface area contributed by atoms with E-state index in [0.29, 0.717) is 19.5 Å².